The molecular formula is C12H10Cl2O2. The lowest BCUT2D eigenvalue weighted by Crippen LogP contribution is -1.99. The summed E-state index contributed by atoms with van der Waals surface area (Å²) in [6.07, 6.45) is 0.695. The average Bonchev–Trinajstić information content (AvgIpc) is 2.68. The predicted octanol–water partition coefficient (Wildman–Crippen LogP) is 3.98. The highest BCUT2D eigenvalue weighted by atomic mass is 35.5. The Balaban J connectivity index is 2.41. The van der Waals surface area contributed by atoms with Crippen molar-refractivity contribution in [3.05, 3.63) is 57.5 Å². The minimum Gasteiger partial charge on any atom is -0.469 e. The van der Waals surface area contributed by atoms with Gasteiger partial charge in [-0.15, -0.1) is 0 Å². The fourth-order valence-corrected chi connectivity index (χ4v) is 1.93. The predicted molar refractivity (Wildman–Crippen MR) is 64.0 cm³/mol. The summed E-state index contributed by atoms with van der Waals surface area (Å²) < 4.78 is 5.14. The van der Waals surface area contributed by atoms with Crippen LogP contribution >= 0.6 is 23.2 Å². The molecule has 0 saturated heterocycles. The molecule has 0 aliphatic heterocycles. The van der Waals surface area contributed by atoms with Gasteiger partial charge in [-0.2, -0.15) is 0 Å². The van der Waals surface area contributed by atoms with Crippen LogP contribution in [0.2, 0.25) is 10.0 Å². The fourth-order valence-electron chi connectivity index (χ4n) is 1.52. The number of aliphatic hydroxyl groups excluding tert-OH is 1. The minimum absolute atomic E-state index is 0.371. The molecule has 1 unspecified atom stereocenters. The summed E-state index contributed by atoms with van der Waals surface area (Å²) in [4.78, 5) is 0. The summed E-state index contributed by atoms with van der Waals surface area (Å²) in [6, 6.07) is 6.93. The zero-order chi connectivity index (χ0) is 11.7. The Bertz CT molecular complexity index is 505. The maximum Gasteiger partial charge on any atom is 0.109 e. The van der Waals surface area contributed by atoms with Crippen molar-refractivity contribution >= 4 is 23.2 Å². The van der Waals surface area contributed by atoms with Crippen molar-refractivity contribution in [2.45, 2.75) is 13.0 Å². The minimum atomic E-state index is -0.816. The second kappa shape index (κ2) is 4.50. The van der Waals surface area contributed by atoms with E-state index in [1.165, 1.54) is 6.26 Å². The summed E-state index contributed by atoms with van der Waals surface area (Å²) in [7, 11) is 0. The lowest BCUT2D eigenvalue weighted by Gasteiger charge is -2.11. The van der Waals surface area contributed by atoms with Crippen molar-refractivity contribution < 1.29 is 9.52 Å². The Morgan fingerprint density at radius 1 is 1.31 bits per heavy atom. The van der Waals surface area contributed by atoms with Crippen LogP contribution in [0.1, 0.15) is 23.0 Å². The molecule has 0 amide bonds. The first-order valence-electron chi connectivity index (χ1n) is 4.76. The van der Waals surface area contributed by atoms with E-state index < -0.39 is 6.10 Å². The van der Waals surface area contributed by atoms with Gasteiger partial charge in [-0.3, -0.25) is 0 Å². The van der Waals surface area contributed by atoms with E-state index >= 15 is 0 Å². The molecular weight excluding hydrogens is 247 g/mol. The van der Waals surface area contributed by atoms with Gasteiger partial charge in [0, 0.05) is 11.1 Å². The van der Waals surface area contributed by atoms with Gasteiger partial charge in [-0.05, 0) is 19.1 Å². The van der Waals surface area contributed by atoms with Crippen molar-refractivity contribution in [1.82, 2.24) is 0 Å². The largest absolute Gasteiger partial charge is 0.469 e. The van der Waals surface area contributed by atoms with Crippen LogP contribution in [0.3, 0.4) is 0 Å². The number of hydrogen-bond acceptors (Lipinski definition) is 2. The van der Waals surface area contributed by atoms with Gasteiger partial charge in [0.25, 0.3) is 0 Å². The highest BCUT2D eigenvalue weighted by Gasteiger charge is 2.17. The van der Waals surface area contributed by atoms with Crippen LogP contribution in [0, 0.1) is 6.92 Å². The Morgan fingerprint density at radius 3 is 2.69 bits per heavy atom. The quantitative estimate of drug-likeness (QED) is 0.882. The summed E-state index contributed by atoms with van der Waals surface area (Å²) in [5.74, 6) is 0.743. The van der Waals surface area contributed by atoms with Gasteiger partial charge in [-0.25, -0.2) is 0 Å². The first-order valence-corrected chi connectivity index (χ1v) is 5.52. The molecule has 0 bridgehead atoms. The van der Waals surface area contributed by atoms with E-state index in [4.69, 9.17) is 27.6 Å². The molecule has 2 rings (SSSR count). The van der Waals surface area contributed by atoms with Crippen LogP contribution in [0.25, 0.3) is 0 Å². The molecule has 4 heteroatoms. The highest BCUT2D eigenvalue weighted by Crippen LogP contribution is 2.33. The molecule has 0 aliphatic carbocycles. The van der Waals surface area contributed by atoms with Gasteiger partial charge in [0.05, 0.1) is 16.3 Å². The van der Waals surface area contributed by atoms with Gasteiger partial charge in [0.2, 0.25) is 0 Å². The summed E-state index contributed by atoms with van der Waals surface area (Å²) in [5.41, 5.74) is 1.25. The first-order chi connectivity index (χ1) is 7.59. The Morgan fingerprint density at radius 2 is 2.06 bits per heavy atom. The molecule has 0 fully saturated rings. The third-order valence-corrected chi connectivity index (χ3v) is 3.18. The van der Waals surface area contributed by atoms with E-state index in [0.717, 1.165) is 5.76 Å². The van der Waals surface area contributed by atoms with E-state index in [2.05, 4.69) is 0 Å². The smallest absolute Gasteiger partial charge is 0.109 e. The van der Waals surface area contributed by atoms with Gasteiger partial charge in [-0.1, -0.05) is 35.3 Å². The number of aryl methyl sites for hydroxylation is 1. The van der Waals surface area contributed by atoms with Crippen molar-refractivity contribution in [2.75, 3.05) is 0 Å². The highest BCUT2D eigenvalue weighted by molar-refractivity contribution is 6.42. The maximum atomic E-state index is 10.1. The Hall–Kier alpha value is -0.960. The van der Waals surface area contributed by atoms with E-state index in [1.807, 2.05) is 6.92 Å². The molecule has 0 aliphatic rings. The molecule has 0 spiro atoms. The molecule has 1 aromatic heterocycles. The molecule has 16 heavy (non-hydrogen) atoms. The molecule has 1 atom stereocenters. The van der Waals surface area contributed by atoms with Gasteiger partial charge in [0.1, 0.15) is 11.9 Å². The van der Waals surface area contributed by atoms with E-state index in [0.29, 0.717) is 21.2 Å². The van der Waals surface area contributed by atoms with E-state index in [1.54, 1.807) is 24.3 Å². The van der Waals surface area contributed by atoms with E-state index in [-0.39, 0.29) is 0 Å². The monoisotopic (exact) mass is 256 g/mol. The van der Waals surface area contributed by atoms with Crippen LogP contribution in [0.15, 0.2) is 34.9 Å². The fraction of sp³-hybridized carbons (Fsp3) is 0.167. The number of aliphatic hydroxyl groups is 1. The molecule has 2 nitrogen and oxygen atoms in total. The molecule has 2 aromatic rings. The third-order valence-electron chi connectivity index (χ3n) is 2.34. The average molecular weight is 257 g/mol. The molecule has 0 saturated carbocycles. The number of halogens is 2. The lowest BCUT2D eigenvalue weighted by atomic mass is 10.0. The second-order valence-electron chi connectivity index (χ2n) is 3.54. The summed E-state index contributed by atoms with van der Waals surface area (Å²) in [5, 5.41) is 10.9. The van der Waals surface area contributed by atoms with Crippen LogP contribution in [-0.2, 0) is 0 Å². The number of rotatable bonds is 2. The first kappa shape index (κ1) is 11.5. The van der Waals surface area contributed by atoms with Gasteiger partial charge >= 0.3 is 0 Å². The normalized spacial score (nSPS) is 12.8. The SMILES string of the molecule is Cc1cc(C(O)c2cccc(Cl)c2Cl)co1. The molecule has 1 N–H and O–H groups in total. The van der Waals surface area contributed by atoms with Crippen molar-refractivity contribution in [2.24, 2.45) is 0 Å². The van der Waals surface area contributed by atoms with Gasteiger partial charge in [0.15, 0.2) is 0 Å². The number of benzene rings is 1. The number of furan rings is 1. The molecule has 1 heterocycles. The van der Waals surface area contributed by atoms with Crippen LogP contribution in [0.5, 0.6) is 0 Å². The molecule has 1 aromatic carbocycles. The maximum absolute atomic E-state index is 10.1. The zero-order valence-corrected chi connectivity index (χ0v) is 10.1. The van der Waals surface area contributed by atoms with Gasteiger partial charge < -0.3 is 9.52 Å². The van der Waals surface area contributed by atoms with Crippen LogP contribution < -0.4 is 0 Å². The van der Waals surface area contributed by atoms with Crippen LogP contribution in [0.4, 0.5) is 0 Å². The topological polar surface area (TPSA) is 33.4 Å². The van der Waals surface area contributed by atoms with Crippen molar-refractivity contribution in [3.63, 3.8) is 0 Å². The standard InChI is InChI=1S/C12H10Cl2O2/c1-7-5-8(6-16-7)12(15)9-3-2-4-10(13)11(9)14/h2-6,12,15H,1H3. The van der Waals surface area contributed by atoms with Crippen molar-refractivity contribution in [1.29, 1.82) is 0 Å². The van der Waals surface area contributed by atoms with Crippen molar-refractivity contribution in [3.8, 4) is 0 Å². The second-order valence-corrected chi connectivity index (χ2v) is 4.32. The summed E-state index contributed by atoms with van der Waals surface area (Å²) in [6.45, 7) is 1.82. The molecule has 0 radical (unpaired) electrons. The lowest BCUT2D eigenvalue weighted by molar-refractivity contribution is 0.219. The third kappa shape index (κ3) is 2.09. The van der Waals surface area contributed by atoms with Crippen LogP contribution in [-0.4, -0.2) is 5.11 Å². The Kier molecular flexibility index (Phi) is 3.24. The zero-order valence-electron chi connectivity index (χ0n) is 8.58. The van der Waals surface area contributed by atoms with E-state index in [9.17, 15) is 5.11 Å². The Labute approximate surface area is 103 Å². The summed E-state index contributed by atoms with van der Waals surface area (Å²) >= 11 is 11.9. The number of hydrogen-bond donors (Lipinski definition) is 1. The molecule has 84 valence electrons.